The van der Waals surface area contributed by atoms with Crippen LogP contribution < -0.4 is 5.73 Å². The Morgan fingerprint density at radius 3 is 2.50 bits per heavy atom. The Bertz CT molecular complexity index is 432. The fourth-order valence-corrected chi connectivity index (χ4v) is 3.56. The molecule has 20 heavy (non-hydrogen) atoms. The SMILES string of the molecule is COC(C(N)Cc1ccc(Cl)c(Cl)c1)C1CCCCC1. The molecule has 0 radical (unpaired) electrons. The van der Waals surface area contributed by atoms with Crippen molar-refractivity contribution in [2.45, 2.75) is 50.7 Å². The molecule has 2 nitrogen and oxygen atoms in total. The average Bonchev–Trinajstić information content (AvgIpc) is 2.45. The van der Waals surface area contributed by atoms with Crippen molar-refractivity contribution in [3.05, 3.63) is 33.8 Å². The van der Waals surface area contributed by atoms with Gasteiger partial charge in [-0.1, -0.05) is 48.5 Å². The van der Waals surface area contributed by atoms with Crippen LogP contribution in [0.3, 0.4) is 0 Å². The quantitative estimate of drug-likeness (QED) is 0.870. The van der Waals surface area contributed by atoms with Crippen LogP contribution in [0.5, 0.6) is 0 Å². The van der Waals surface area contributed by atoms with Gasteiger partial charge in [-0.15, -0.1) is 0 Å². The molecule has 1 aromatic carbocycles. The van der Waals surface area contributed by atoms with Gasteiger partial charge in [0, 0.05) is 13.2 Å². The molecule has 0 bridgehead atoms. The van der Waals surface area contributed by atoms with Gasteiger partial charge in [0.1, 0.15) is 0 Å². The molecule has 0 amide bonds. The molecular formula is C16H23Cl2NO. The van der Waals surface area contributed by atoms with E-state index in [1.807, 2.05) is 18.2 Å². The molecule has 0 heterocycles. The van der Waals surface area contributed by atoms with Crippen molar-refractivity contribution in [3.63, 3.8) is 0 Å². The van der Waals surface area contributed by atoms with Crippen molar-refractivity contribution in [2.75, 3.05) is 7.11 Å². The molecule has 1 saturated carbocycles. The van der Waals surface area contributed by atoms with Crippen LogP contribution in [0.1, 0.15) is 37.7 Å². The molecule has 0 aromatic heterocycles. The summed E-state index contributed by atoms with van der Waals surface area (Å²) in [5.74, 6) is 0.589. The number of hydrogen-bond donors (Lipinski definition) is 1. The minimum atomic E-state index is 0.000317. The Balaban J connectivity index is 2.00. The average molecular weight is 316 g/mol. The maximum Gasteiger partial charge on any atom is 0.0753 e. The highest BCUT2D eigenvalue weighted by Crippen LogP contribution is 2.30. The van der Waals surface area contributed by atoms with Gasteiger partial charge in [-0.3, -0.25) is 0 Å². The molecule has 0 spiro atoms. The lowest BCUT2D eigenvalue weighted by Gasteiger charge is -2.33. The van der Waals surface area contributed by atoms with E-state index in [0.717, 1.165) is 12.0 Å². The highest BCUT2D eigenvalue weighted by molar-refractivity contribution is 6.42. The highest BCUT2D eigenvalue weighted by Gasteiger charge is 2.28. The molecule has 1 aliphatic rings. The number of nitrogens with two attached hydrogens (primary N) is 1. The molecule has 0 saturated heterocycles. The number of rotatable bonds is 5. The molecule has 2 atom stereocenters. The highest BCUT2D eigenvalue weighted by atomic mass is 35.5. The zero-order valence-corrected chi connectivity index (χ0v) is 13.5. The summed E-state index contributed by atoms with van der Waals surface area (Å²) >= 11 is 12.0. The minimum absolute atomic E-state index is 0.000317. The van der Waals surface area contributed by atoms with Crippen LogP contribution in [-0.2, 0) is 11.2 Å². The summed E-state index contributed by atoms with van der Waals surface area (Å²) in [5, 5.41) is 1.17. The van der Waals surface area contributed by atoms with Gasteiger partial charge in [0.25, 0.3) is 0 Å². The molecule has 1 aromatic rings. The van der Waals surface area contributed by atoms with E-state index in [9.17, 15) is 0 Å². The number of methoxy groups -OCH3 is 1. The van der Waals surface area contributed by atoms with E-state index in [1.165, 1.54) is 32.1 Å². The summed E-state index contributed by atoms with van der Waals surface area (Å²) in [6.07, 6.45) is 7.29. The van der Waals surface area contributed by atoms with Crippen molar-refractivity contribution in [3.8, 4) is 0 Å². The van der Waals surface area contributed by atoms with Crippen molar-refractivity contribution in [2.24, 2.45) is 11.7 Å². The fourth-order valence-electron chi connectivity index (χ4n) is 3.23. The maximum atomic E-state index is 6.38. The largest absolute Gasteiger partial charge is 0.380 e. The summed E-state index contributed by atoms with van der Waals surface area (Å²) in [5.41, 5.74) is 7.49. The van der Waals surface area contributed by atoms with Gasteiger partial charge in [0.2, 0.25) is 0 Å². The van der Waals surface area contributed by atoms with Crippen molar-refractivity contribution < 1.29 is 4.74 Å². The number of hydrogen-bond acceptors (Lipinski definition) is 2. The first-order valence-corrected chi connectivity index (χ1v) is 8.09. The molecule has 2 N–H and O–H groups in total. The smallest absolute Gasteiger partial charge is 0.0753 e. The van der Waals surface area contributed by atoms with Crippen LogP contribution in [0.4, 0.5) is 0 Å². The third-order valence-electron chi connectivity index (χ3n) is 4.26. The monoisotopic (exact) mass is 315 g/mol. The Morgan fingerprint density at radius 1 is 1.20 bits per heavy atom. The van der Waals surface area contributed by atoms with Crippen LogP contribution in [-0.4, -0.2) is 19.3 Å². The van der Waals surface area contributed by atoms with E-state index in [-0.39, 0.29) is 12.1 Å². The second kappa shape index (κ2) is 7.65. The van der Waals surface area contributed by atoms with Gasteiger partial charge in [-0.05, 0) is 42.9 Å². The normalized spacial score (nSPS) is 19.8. The van der Waals surface area contributed by atoms with Gasteiger partial charge in [-0.2, -0.15) is 0 Å². The number of benzene rings is 1. The summed E-state index contributed by atoms with van der Waals surface area (Å²) in [7, 11) is 1.77. The van der Waals surface area contributed by atoms with Crippen LogP contribution in [0.15, 0.2) is 18.2 Å². The van der Waals surface area contributed by atoms with Gasteiger partial charge < -0.3 is 10.5 Å². The van der Waals surface area contributed by atoms with Crippen LogP contribution in [0.25, 0.3) is 0 Å². The standard InChI is InChI=1S/C16H23Cl2NO/c1-20-16(12-5-3-2-4-6-12)15(19)10-11-7-8-13(17)14(18)9-11/h7-9,12,15-16H,2-6,10,19H2,1H3. The predicted octanol–water partition coefficient (Wildman–Crippen LogP) is 4.46. The topological polar surface area (TPSA) is 35.2 Å². The van der Waals surface area contributed by atoms with E-state index in [1.54, 1.807) is 7.11 Å². The Morgan fingerprint density at radius 2 is 1.90 bits per heavy atom. The van der Waals surface area contributed by atoms with Crippen molar-refractivity contribution in [1.82, 2.24) is 0 Å². The molecule has 1 fully saturated rings. The summed E-state index contributed by atoms with van der Waals surface area (Å²) in [6, 6.07) is 5.72. The minimum Gasteiger partial charge on any atom is -0.380 e. The molecule has 4 heteroatoms. The third-order valence-corrected chi connectivity index (χ3v) is 5.00. The molecule has 2 rings (SSSR count). The second-order valence-corrected chi connectivity index (χ2v) is 6.53. The van der Waals surface area contributed by atoms with Crippen LogP contribution in [0.2, 0.25) is 10.0 Å². The van der Waals surface area contributed by atoms with E-state index in [0.29, 0.717) is 16.0 Å². The lowest BCUT2D eigenvalue weighted by atomic mass is 9.81. The Hall–Kier alpha value is -0.280. The molecule has 1 aliphatic carbocycles. The fraction of sp³-hybridized carbons (Fsp3) is 0.625. The van der Waals surface area contributed by atoms with E-state index in [2.05, 4.69) is 0 Å². The maximum absolute atomic E-state index is 6.38. The summed E-state index contributed by atoms with van der Waals surface area (Å²) in [6.45, 7) is 0. The van der Waals surface area contributed by atoms with Crippen LogP contribution >= 0.6 is 23.2 Å². The van der Waals surface area contributed by atoms with Gasteiger partial charge >= 0.3 is 0 Å². The van der Waals surface area contributed by atoms with Crippen LogP contribution in [0, 0.1) is 5.92 Å². The molecule has 112 valence electrons. The van der Waals surface area contributed by atoms with Gasteiger partial charge in [-0.25, -0.2) is 0 Å². The first-order valence-electron chi connectivity index (χ1n) is 7.34. The third kappa shape index (κ3) is 4.11. The number of halogens is 2. The first-order chi connectivity index (χ1) is 9.61. The lowest BCUT2D eigenvalue weighted by molar-refractivity contribution is 0.0179. The predicted molar refractivity (Wildman–Crippen MR) is 85.5 cm³/mol. The van der Waals surface area contributed by atoms with E-state index >= 15 is 0 Å². The first kappa shape index (κ1) is 16.1. The zero-order valence-electron chi connectivity index (χ0n) is 11.9. The van der Waals surface area contributed by atoms with Crippen molar-refractivity contribution in [1.29, 1.82) is 0 Å². The lowest BCUT2D eigenvalue weighted by Crippen LogP contribution is -2.43. The molecule has 2 unspecified atom stereocenters. The van der Waals surface area contributed by atoms with E-state index in [4.69, 9.17) is 33.7 Å². The molecule has 0 aliphatic heterocycles. The summed E-state index contributed by atoms with van der Waals surface area (Å²) in [4.78, 5) is 0. The van der Waals surface area contributed by atoms with Gasteiger partial charge in [0.15, 0.2) is 0 Å². The Labute approximate surface area is 131 Å². The number of ether oxygens (including phenoxy) is 1. The second-order valence-electron chi connectivity index (χ2n) is 5.71. The molecular weight excluding hydrogens is 293 g/mol. The zero-order chi connectivity index (χ0) is 14.5. The van der Waals surface area contributed by atoms with Gasteiger partial charge in [0.05, 0.1) is 16.1 Å². The summed E-state index contributed by atoms with van der Waals surface area (Å²) < 4.78 is 5.69. The van der Waals surface area contributed by atoms with Crippen molar-refractivity contribution >= 4 is 23.2 Å². The van der Waals surface area contributed by atoms with E-state index < -0.39 is 0 Å². The Kier molecular flexibility index (Phi) is 6.16.